The Balaban J connectivity index is 3.07. The standard InChI is InChI=1S/C8H8BrN/c1-7-2-3-8(4-5-9)6-10-7/h2-6H,1H3/i1D3,4D,5D. The molecule has 1 nitrogen and oxygen atoms in total. The fourth-order valence-corrected chi connectivity index (χ4v) is 0.751. The first-order chi connectivity index (χ1) is 6.82. The summed E-state index contributed by atoms with van der Waals surface area (Å²) in [6, 6.07) is 2.78. The number of hydrogen-bond donors (Lipinski definition) is 0. The molecule has 1 rings (SSSR count). The first kappa shape index (κ1) is 3.18. The van der Waals surface area contributed by atoms with Gasteiger partial charge in [0.1, 0.15) is 0 Å². The minimum absolute atomic E-state index is 0.0137. The molecule has 0 N–H and O–H groups in total. The molecular weight excluding hydrogens is 190 g/mol. The fraction of sp³-hybridized carbons (Fsp3) is 0.125. The van der Waals surface area contributed by atoms with Crippen LogP contribution in [-0.2, 0) is 0 Å². The van der Waals surface area contributed by atoms with Gasteiger partial charge in [-0.15, -0.1) is 0 Å². The van der Waals surface area contributed by atoms with E-state index in [0.717, 1.165) is 0 Å². The van der Waals surface area contributed by atoms with Gasteiger partial charge in [-0.3, -0.25) is 4.98 Å². The molecule has 2 heteroatoms. The zero-order chi connectivity index (χ0) is 11.6. The molecule has 1 aromatic rings. The predicted octanol–water partition coefficient (Wildman–Crippen LogP) is 2.76. The fourth-order valence-electron chi connectivity index (χ4n) is 0.522. The third kappa shape index (κ3) is 1.95. The first-order valence-corrected chi connectivity index (χ1v) is 3.41. The van der Waals surface area contributed by atoms with Crippen molar-refractivity contribution in [2.45, 2.75) is 6.85 Å². The number of aryl methyl sites for hydroxylation is 1. The van der Waals surface area contributed by atoms with Gasteiger partial charge in [0.05, 0.1) is 2.74 Å². The Kier molecular flexibility index (Phi) is 1.12. The first-order valence-electron chi connectivity index (χ1n) is 5.12. The maximum absolute atomic E-state index is 7.46. The summed E-state index contributed by atoms with van der Waals surface area (Å²) in [7, 11) is 0. The lowest BCUT2D eigenvalue weighted by molar-refractivity contribution is 1.19. The summed E-state index contributed by atoms with van der Waals surface area (Å²) in [5.41, 5.74) is 0.394. The molecule has 1 heterocycles. The Morgan fingerprint density at radius 3 is 3.20 bits per heavy atom. The summed E-state index contributed by atoms with van der Waals surface area (Å²) in [5, 5.41) is 0. The highest BCUT2D eigenvalue weighted by molar-refractivity contribution is 9.11. The largest absolute Gasteiger partial charge is 0.261 e. The SMILES string of the molecule is [2H]C(Br)=C([2H])c1ccc(C([2H])([2H])[2H])nc1. The lowest BCUT2D eigenvalue weighted by Crippen LogP contribution is -1.79. The monoisotopic (exact) mass is 202 g/mol. The van der Waals surface area contributed by atoms with Crippen molar-refractivity contribution in [2.75, 3.05) is 0 Å². The molecule has 0 saturated carbocycles. The van der Waals surface area contributed by atoms with Gasteiger partial charge in [0.15, 0.2) is 0 Å². The lowest BCUT2D eigenvalue weighted by Gasteiger charge is -1.91. The summed E-state index contributed by atoms with van der Waals surface area (Å²) in [4.78, 5) is 3.67. The van der Waals surface area contributed by atoms with Gasteiger partial charge in [-0.2, -0.15) is 0 Å². The Bertz CT molecular complexity index is 377. The number of halogens is 1. The highest BCUT2D eigenvalue weighted by Crippen LogP contribution is 2.02. The van der Waals surface area contributed by atoms with Crippen molar-refractivity contribution in [1.82, 2.24) is 4.98 Å². The van der Waals surface area contributed by atoms with Gasteiger partial charge < -0.3 is 0 Å². The molecule has 0 amide bonds. The average Bonchev–Trinajstić information content (AvgIpc) is 2.15. The van der Waals surface area contributed by atoms with Crippen molar-refractivity contribution >= 4 is 22.0 Å². The van der Waals surface area contributed by atoms with Crippen LogP contribution in [-0.4, -0.2) is 4.98 Å². The highest BCUT2D eigenvalue weighted by Gasteiger charge is 1.84. The Hall–Kier alpha value is -0.630. The van der Waals surface area contributed by atoms with Crippen molar-refractivity contribution < 1.29 is 6.85 Å². The normalized spacial score (nSPS) is 21.1. The van der Waals surface area contributed by atoms with Crippen LogP contribution in [0.25, 0.3) is 6.05 Å². The lowest BCUT2D eigenvalue weighted by atomic mass is 10.2. The van der Waals surface area contributed by atoms with E-state index in [1.807, 2.05) is 0 Å². The summed E-state index contributed by atoms with van der Waals surface area (Å²) in [6.07, 6.45) is 1.28. The molecule has 0 aromatic carbocycles. The van der Waals surface area contributed by atoms with Crippen LogP contribution in [0.3, 0.4) is 0 Å². The topological polar surface area (TPSA) is 12.9 Å². The molecule has 0 radical (unpaired) electrons. The number of aromatic nitrogens is 1. The summed E-state index contributed by atoms with van der Waals surface area (Å²) in [6.45, 7) is -2.23. The van der Waals surface area contributed by atoms with Gasteiger partial charge in [0.25, 0.3) is 0 Å². The van der Waals surface area contributed by atoms with E-state index in [1.54, 1.807) is 0 Å². The summed E-state index contributed by atoms with van der Waals surface area (Å²) < 4.78 is 35.9. The van der Waals surface area contributed by atoms with Gasteiger partial charge in [-0.05, 0) is 29.5 Å². The molecule has 1 aromatic heterocycles. The van der Waals surface area contributed by atoms with Gasteiger partial charge in [-0.25, -0.2) is 0 Å². The number of pyridine rings is 1. The number of hydrogen-bond acceptors (Lipinski definition) is 1. The van der Waals surface area contributed by atoms with E-state index >= 15 is 0 Å². The van der Waals surface area contributed by atoms with E-state index < -0.39 is 6.85 Å². The predicted molar refractivity (Wildman–Crippen MR) is 46.9 cm³/mol. The molecule has 0 unspecified atom stereocenters. The van der Waals surface area contributed by atoms with Crippen LogP contribution in [0.1, 0.15) is 18.1 Å². The van der Waals surface area contributed by atoms with E-state index in [4.69, 9.17) is 6.85 Å². The minimum atomic E-state index is -2.23. The quantitative estimate of drug-likeness (QED) is 0.683. The smallest absolute Gasteiger partial charge is 0.0703 e. The van der Waals surface area contributed by atoms with Gasteiger partial charge in [0, 0.05) is 16.0 Å². The van der Waals surface area contributed by atoms with Crippen molar-refractivity contribution in [3.05, 3.63) is 34.5 Å². The van der Waals surface area contributed by atoms with Gasteiger partial charge in [-0.1, -0.05) is 22.0 Å². The second-order valence-electron chi connectivity index (χ2n) is 1.65. The maximum Gasteiger partial charge on any atom is 0.0703 e. The molecule has 0 bridgehead atoms. The highest BCUT2D eigenvalue weighted by atomic mass is 79.9. The second-order valence-corrected chi connectivity index (χ2v) is 2.05. The molecule has 0 fully saturated rings. The maximum atomic E-state index is 7.46. The summed E-state index contributed by atoms with van der Waals surface area (Å²) >= 11 is 2.85. The van der Waals surface area contributed by atoms with Gasteiger partial charge in [0.2, 0.25) is 0 Å². The Morgan fingerprint density at radius 2 is 2.70 bits per heavy atom. The molecule has 10 heavy (non-hydrogen) atoms. The molecule has 0 spiro atoms. The van der Waals surface area contributed by atoms with Crippen molar-refractivity contribution in [3.63, 3.8) is 0 Å². The van der Waals surface area contributed by atoms with E-state index in [-0.39, 0.29) is 16.7 Å². The van der Waals surface area contributed by atoms with Crippen LogP contribution in [0.5, 0.6) is 0 Å². The molecule has 0 saturated heterocycles. The second kappa shape index (κ2) is 3.52. The molecule has 0 aliphatic heterocycles. The van der Waals surface area contributed by atoms with Crippen LogP contribution in [0.4, 0.5) is 0 Å². The molecule has 0 aliphatic rings. The van der Waals surface area contributed by atoms with Crippen LogP contribution >= 0.6 is 15.9 Å². The van der Waals surface area contributed by atoms with Crippen LogP contribution < -0.4 is 0 Å². The summed E-state index contributed by atoms with van der Waals surface area (Å²) in [5.74, 6) is 0. The zero-order valence-electron chi connectivity index (χ0n) is 10.1. The number of nitrogens with zero attached hydrogens (tertiary/aromatic N) is 1. The van der Waals surface area contributed by atoms with Crippen molar-refractivity contribution in [2.24, 2.45) is 0 Å². The molecule has 0 atom stereocenters. The van der Waals surface area contributed by atoms with E-state index in [0.29, 0.717) is 5.56 Å². The third-order valence-electron chi connectivity index (χ3n) is 0.955. The van der Waals surface area contributed by atoms with Crippen LogP contribution in [0.2, 0.25) is 0 Å². The molecular formula is C8H8BrN. The number of rotatable bonds is 1. The minimum Gasteiger partial charge on any atom is -0.261 e. The zero-order valence-corrected chi connectivity index (χ0v) is 6.64. The third-order valence-corrected chi connectivity index (χ3v) is 1.15. The Morgan fingerprint density at radius 1 is 1.80 bits per heavy atom. The Labute approximate surface area is 75.9 Å². The van der Waals surface area contributed by atoms with Crippen molar-refractivity contribution in [3.8, 4) is 0 Å². The van der Waals surface area contributed by atoms with Crippen molar-refractivity contribution in [1.29, 1.82) is 0 Å². The molecule has 0 aliphatic carbocycles. The average molecular weight is 203 g/mol. The van der Waals surface area contributed by atoms with E-state index in [1.165, 1.54) is 18.3 Å². The van der Waals surface area contributed by atoms with E-state index in [2.05, 4.69) is 20.9 Å². The van der Waals surface area contributed by atoms with Gasteiger partial charge >= 0.3 is 0 Å². The molecule has 52 valence electrons. The van der Waals surface area contributed by atoms with Crippen LogP contribution in [0.15, 0.2) is 23.3 Å². The van der Waals surface area contributed by atoms with Crippen LogP contribution in [0, 0.1) is 6.85 Å². The van der Waals surface area contributed by atoms with E-state index in [9.17, 15) is 0 Å².